The standard InChI is InChI=1S/C35H32Cl2FN9O/c1-17-23-13-28(27-12-21(47-42-16-41-44-47)15-45(27)35(48)18-7-8-18)46(33-20-11-26(33)40-14-20)34(23)24-10-19(4-3-9-39)29(31(38)32(24)43-17)22-5-2-6-25(36)30(22)37/h2,5-6,10,13,16,18,20-21,26-27,33,40H,3-4,7-8,11-12,14-15H2,1H3/t20-,21+,26-,27-,33+/m1/s1. The molecule has 0 spiro atoms. The van der Waals surface area contributed by atoms with Gasteiger partial charge in [-0.2, -0.15) is 10.1 Å². The van der Waals surface area contributed by atoms with Gasteiger partial charge in [0.1, 0.15) is 5.52 Å². The van der Waals surface area contributed by atoms with Crippen LogP contribution in [-0.4, -0.2) is 59.7 Å². The monoisotopic (exact) mass is 683 g/mol. The van der Waals surface area contributed by atoms with Gasteiger partial charge in [0.05, 0.1) is 39.8 Å². The molecule has 3 aromatic heterocycles. The van der Waals surface area contributed by atoms with E-state index in [1.165, 1.54) is 6.33 Å². The van der Waals surface area contributed by atoms with E-state index < -0.39 is 5.82 Å². The Labute approximate surface area is 285 Å². The van der Waals surface area contributed by atoms with Crippen LogP contribution in [0.4, 0.5) is 4.39 Å². The fourth-order valence-electron chi connectivity index (χ4n) is 8.51. The van der Waals surface area contributed by atoms with E-state index in [9.17, 15) is 10.1 Å². The minimum Gasteiger partial charge on any atom is -0.337 e. The molecular weight excluding hydrogens is 652 g/mol. The van der Waals surface area contributed by atoms with Gasteiger partial charge in [-0.25, -0.2) is 9.37 Å². The Morgan fingerprint density at radius 2 is 2.04 bits per heavy atom. The lowest BCUT2D eigenvalue weighted by molar-refractivity contribution is -0.133. The van der Waals surface area contributed by atoms with Gasteiger partial charge >= 0.3 is 0 Å². The number of benzene rings is 2. The summed E-state index contributed by atoms with van der Waals surface area (Å²) in [6, 6.07) is 11.7. The number of aromatic nitrogens is 6. The van der Waals surface area contributed by atoms with Gasteiger partial charge in [-0.3, -0.25) is 4.79 Å². The fraction of sp³-hybridized carbons (Fsp3) is 0.429. The van der Waals surface area contributed by atoms with Gasteiger partial charge in [0, 0.05) is 64.8 Å². The lowest BCUT2D eigenvalue weighted by atomic mass is 9.79. The summed E-state index contributed by atoms with van der Waals surface area (Å²) in [5, 5.41) is 27.9. The van der Waals surface area contributed by atoms with Gasteiger partial charge in [-0.05, 0) is 73.9 Å². The first-order chi connectivity index (χ1) is 23.3. The molecule has 10 nitrogen and oxygen atoms in total. The van der Waals surface area contributed by atoms with Crippen molar-refractivity contribution in [1.82, 2.24) is 40.0 Å². The van der Waals surface area contributed by atoms with Crippen LogP contribution in [0, 0.1) is 35.9 Å². The summed E-state index contributed by atoms with van der Waals surface area (Å²) in [5.74, 6) is 0.151. The van der Waals surface area contributed by atoms with Crippen LogP contribution in [0.5, 0.6) is 0 Å². The molecule has 3 saturated heterocycles. The zero-order valence-electron chi connectivity index (χ0n) is 26.2. The molecule has 0 radical (unpaired) electrons. The highest BCUT2D eigenvalue weighted by molar-refractivity contribution is 6.43. The third-order valence-corrected chi connectivity index (χ3v) is 11.8. The van der Waals surface area contributed by atoms with Gasteiger partial charge in [-0.1, -0.05) is 35.3 Å². The summed E-state index contributed by atoms with van der Waals surface area (Å²) >= 11 is 13.1. The lowest BCUT2D eigenvalue weighted by Gasteiger charge is -2.39. The molecule has 1 amide bonds. The van der Waals surface area contributed by atoms with Crippen LogP contribution in [-0.2, 0) is 11.2 Å². The summed E-state index contributed by atoms with van der Waals surface area (Å²) in [6.07, 6.45) is 5.51. The molecule has 3 aliphatic heterocycles. The van der Waals surface area contributed by atoms with Gasteiger partial charge in [0.2, 0.25) is 5.91 Å². The number of tetrazole rings is 1. The molecule has 13 heteroatoms. The summed E-state index contributed by atoms with van der Waals surface area (Å²) in [7, 11) is 0. The maximum atomic E-state index is 17.1. The highest BCUT2D eigenvalue weighted by atomic mass is 35.5. The molecule has 5 atom stereocenters. The Balaban J connectivity index is 1.30. The Bertz CT molecular complexity index is 2160. The first kappa shape index (κ1) is 30.0. The normalized spacial score (nSPS) is 24.8. The number of nitriles is 1. The summed E-state index contributed by atoms with van der Waals surface area (Å²) in [6.45, 7) is 3.33. The highest BCUT2D eigenvalue weighted by Crippen LogP contribution is 2.52. The number of rotatable bonds is 7. The number of carbonyl (C=O) groups excluding carboxylic acids is 1. The second-order valence-electron chi connectivity index (χ2n) is 13.7. The third-order valence-electron chi connectivity index (χ3n) is 11.0. The number of pyridine rings is 1. The first-order valence-corrected chi connectivity index (χ1v) is 17.3. The molecule has 48 heavy (non-hydrogen) atoms. The number of fused-ring (bicyclic) bond motifs is 4. The van der Waals surface area contributed by atoms with Crippen molar-refractivity contribution >= 4 is 50.9 Å². The number of amides is 1. The number of carbonyl (C=O) groups is 1. The van der Waals surface area contributed by atoms with E-state index in [1.807, 2.05) is 17.9 Å². The molecule has 0 unspecified atom stereocenters. The number of hydrogen-bond acceptors (Lipinski definition) is 7. The average Bonchev–Trinajstić information content (AvgIpc) is 3.61. The van der Waals surface area contributed by atoms with Crippen molar-refractivity contribution in [3.05, 3.63) is 69.5 Å². The molecule has 2 saturated carbocycles. The van der Waals surface area contributed by atoms with Gasteiger partial charge in [0.15, 0.2) is 12.1 Å². The maximum absolute atomic E-state index is 17.1. The quantitative estimate of drug-likeness (QED) is 0.208. The maximum Gasteiger partial charge on any atom is 0.226 e. The minimum absolute atomic E-state index is 0.0482. The molecule has 6 heterocycles. The number of halogens is 3. The largest absolute Gasteiger partial charge is 0.337 e. The van der Waals surface area contributed by atoms with E-state index in [2.05, 4.69) is 37.4 Å². The van der Waals surface area contributed by atoms with Crippen molar-refractivity contribution in [3.63, 3.8) is 0 Å². The minimum atomic E-state index is -0.484. The van der Waals surface area contributed by atoms with Gasteiger partial charge in [0.25, 0.3) is 0 Å². The third kappa shape index (κ3) is 4.49. The zero-order chi connectivity index (χ0) is 32.8. The number of aryl methyl sites for hydroxylation is 2. The van der Waals surface area contributed by atoms with Crippen molar-refractivity contribution in [1.29, 1.82) is 5.26 Å². The van der Waals surface area contributed by atoms with Crippen LogP contribution in [0.3, 0.4) is 0 Å². The Morgan fingerprint density at radius 3 is 2.75 bits per heavy atom. The number of nitrogens with one attached hydrogen (secondary N) is 1. The molecule has 244 valence electrons. The van der Waals surface area contributed by atoms with Gasteiger partial charge < -0.3 is 14.8 Å². The van der Waals surface area contributed by atoms with Crippen LogP contribution >= 0.6 is 23.2 Å². The van der Waals surface area contributed by atoms with E-state index in [1.54, 1.807) is 23.0 Å². The van der Waals surface area contributed by atoms with Gasteiger partial charge in [-0.15, -0.1) is 10.2 Å². The van der Waals surface area contributed by atoms with Crippen LogP contribution < -0.4 is 5.32 Å². The lowest BCUT2D eigenvalue weighted by Crippen LogP contribution is -2.41. The van der Waals surface area contributed by atoms with Crippen LogP contribution in [0.15, 0.2) is 36.7 Å². The SMILES string of the molecule is Cc1nc2c(F)c(-c3cccc(Cl)c3Cl)c(CCC#N)cc2c2c1cc([C@H]1C[C@H](n3ncnn3)CN1C(=O)C1CC1)n2[C@H]1[C@H]2CN[C@@H]1C2. The molecule has 5 aromatic rings. The van der Waals surface area contributed by atoms with E-state index >= 15 is 4.39 Å². The molecule has 1 N–H and O–H groups in total. The number of nitrogens with zero attached hydrogens (tertiary/aromatic N) is 8. The molecule has 2 aromatic carbocycles. The molecule has 5 fully saturated rings. The molecular formula is C35H32Cl2FN9O. The predicted molar refractivity (Wildman–Crippen MR) is 179 cm³/mol. The summed E-state index contributed by atoms with van der Waals surface area (Å²) in [4.78, 5) is 22.4. The van der Waals surface area contributed by atoms with Crippen molar-refractivity contribution < 1.29 is 9.18 Å². The second kappa shape index (κ2) is 11.2. The molecule has 2 aliphatic carbocycles. The summed E-state index contributed by atoms with van der Waals surface area (Å²) < 4.78 is 19.5. The molecule has 5 aliphatic rings. The van der Waals surface area contributed by atoms with E-state index in [4.69, 9.17) is 28.2 Å². The van der Waals surface area contributed by atoms with Crippen molar-refractivity contribution in [2.45, 2.75) is 69.6 Å². The van der Waals surface area contributed by atoms with Crippen molar-refractivity contribution in [2.24, 2.45) is 11.8 Å². The molecule has 10 rings (SSSR count). The number of likely N-dealkylation sites (tertiary alicyclic amines) is 1. The van der Waals surface area contributed by atoms with Crippen molar-refractivity contribution in [2.75, 3.05) is 13.1 Å². The number of hydrogen-bond donors (Lipinski definition) is 1. The Morgan fingerprint density at radius 1 is 1.19 bits per heavy atom. The Hall–Kier alpha value is -4.11. The van der Waals surface area contributed by atoms with Crippen LogP contribution in [0.2, 0.25) is 10.0 Å². The van der Waals surface area contributed by atoms with Crippen molar-refractivity contribution in [3.8, 4) is 17.2 Å². The summed E-state index contributed by atoms with van der Waals surface area (Å²) in [5.41, 5.74) is 4.36. The fourth-order valence-corrected chi connectivity index (χ4v) is 8.91. The molecule has 2 bridgehead atoms. The zero-order valence-corrected chi connectivity index (χ0v) is 27.7. The second-order valence-corrected chi connectivity index (χ2v) is 14.5. The average molecular weight is 685 g/mol. The highest BCUT2D eigenvalue weighted by Gasteiger charge is 2.51. The van der Waals surface area contributed by atoms with E-state index in [-0.39, 0.29) is 53.0 Å². The van der Waals surface area contributed by atoms with E-state index in [0.717, 1.165) is 42.4 Å². The van der Waals surface area contributed by atoms with Crippen LogP contribution in [0.25, 0.3) is 32.9 Å². The smallest absolute Gasteiger partial charge is 0.226 e. The first-order valence-electron chi connectivity index (χ1n) is 16.6. The van der Waals surface area contributed by atoms with Crippen LogP contribution in [0.1, 0.15) is 67.2 Å². The Kier molecular flexibility index (Phi) is 7.01. The predicted octanol–water partition coefficient (Wildman–Crippen LogP) is 6.51. The van der Waals surface area contributed by atoms with E-state index in [0.29, 0.717) is 58.1 Å². The topological polar surface area (TPSA) is 118 Å².